The number of nitrogens with zero attached hydrogens (tertiary/aromatic N) is 1. The second-order valence-electron chi connectivity index (χ2n) is 7.76. The second-order valence-corrected chi connectivity index (χ2v) is 9.23. The van der Waals surface area contributed by atoms with E-state index in [0.717, 1.165) is 16.7 Å². The zero-order valence-electron chi connectivity index (χ0n) is 19.3. The van der Waals surface area contributed by atoms with Crippen molar-refractivity contribution < 1.29 is 19.4 Å². The first-order chi connectivity index (χ1) is 16.9. The van der Waals surface area contributed by atoms with Gasteiger partial charge in [0.2, 0.25) is 0 Å². The molecule has 3 aromatic rings. The van der Waals surface area contributed by atoms with Crippen LogP contribution in [0, 0.1) is 6.92 Å². The lowest BCUT2D eigenvalue weighted by Gasteiger charge is -2.10. The van der Waals surface area contributed by atoms with Gasteiger partial charge in [-0.05, 0) is 55.8 Å². The SMILES string of the molecule is CCOC(=O)C1=C(O)C(=Cc2ccccc2OCc2ccc(Cl)cc2)SC1=Nc1ccc(C)cc1. The first-order valence-electron chi connectivity index (χ1n) is 11.1. The molecule has 1 aliphatic heterocycles. The van der Waals surface area contributed by atoms with Crippen molar-refractivity contribution in [3.05, 3.63) is 111 Å². The van der Waals surface area contributed by atoms with Gasteiger partial charge in [-0.25, -0.2) is 9.79 Å². The molecular weight excluding hydrogens is 482 g/mol. The van der Waals surface area contributed by atoms with Crippen molar-refractivity contribution in [2.24, 2.45) is 4.99 Å². The third kappa shape index (κ3) is 6.15. The molecule has 0 fully saturated rings. The van der Waals surface area contributed by atoms with Crippen LogP contribution in [-0.2, 0) is 16.1 Å². The third-order valence-corrected chi connectivity index (χ3v) is 6.42. The number of esters is 1. The number of aryl methyl sites for hydroxylation is 1. The highest BCUT2D eigenvalue weighted by Crippen LogP contribution is 2.41. The minimum atomic E-state index is -0.612. The molecule has 4 rings (SSSR count). The molecule has 1 aliphatic rings. The average molecular weight is 506 g/mol. The standard InChI is InChI=1S/C28H24ClNO4S/c1-3-33-28(32)25-26(31)24(35-27(25)30-22-14-8-18(2)9-15-22)16-20-6-4-5-7-23(20)34-17-19-10-12-21(29)13-11-19/h4-16,31H,3,17H2,1-2H3. The molecule has 35 heavy (non-hydrogen) atoms. The molecule has 3 aromatic carbocycles. The van der Waals surface area contributed by atoms with Gasteiger partial charge in [-0.2, -0.15) is 0 Å². The molecule has 0 bridgehead atoms. The monoisotopic (exact) mass is 505 g/mol. The number of para-hydroxylation sites is 1. The van der Waals surface area contributed by atoms with E-state index in [1.807, 2.05) is 79.7 Å². The molecule has 0 aromatic heterocycles. The summed E-state index contributed by atoms with van der Waals surface area (Å²) in [6, 6.07) is 22.6. The van der Waals surface area contributed by atoms with E-state index in [9.17, 15) is 9.90 Å². The van der Waals surface area contributed by atoms with Crippen LogP contribution in [0.1, 0.15) is 23.6 Å². The topological polar surface area (TPSA) is 68.1 Å². The zero-order chi connectivity index (χ0) is 24.8. The smallest absolute Gasteiger partial charge is 0.344 e. The van der Waals surface area contributed by atoms with E-state index in [-0.39, 0.29) is 17.9 Å². The lowest BCUT2D eigenvalue weighted by Crippen LogP contribution is -2.12. The molecule has 7 heteroatoms. The van der Waals surface area contributed by atoms with Gasteiger partial charge in [-0.1, -0.05) is 71.4 Å². The molecule has 1 N–H and O–H groups in total. The van der Waals surface area contributed by atoms with Crippen molar-refractivity contribution >= 4 is 46.1 Å². The normalized spacial score (nSPS) is 15.6. The van der Waals surface area contributed by atoms with Crippen molar-refractivity contribution in [3.8, 4) is 5.75 Å². The molecule has 0 saturated heterocycles. The Morgan fingerprint density at radius 3 is 2.49 bits per heavy atom. The van der Waals surface area contributed by atoms with E-state index in [2.05, 4.69) is 4.99 Å². The van der Waals surface area contributed by atoms with Crippen molar-refractivity contribution in [3.63, 3.8) is 0 Å². The van der Waals surface area contributed by atoms with Crippen LogP contribution in [0.15, 0.2) is 94.0 Å². The number of halogens is 1. The number of hydrogen-bond acceptors (Lipinski definition) is 6. The van der Waals surface area contributed by atoms with Gasteiger partial charge in [-0.3, -0.25) is 0 Å². The van der Waals surface area contributed by atoms with Gasteiger partial charge < -0.3 is 14.6 Å². The van der Waals surface area contributed by atoms with E-state index in [1.165, 1.54) is 11.8 Å². The first-order valence-corrected chi connectivity index (χ1v) is 12.3. The number of aliphatic imine (C=N–C) groups is 1. The quantitative estimate of drug-likeness (QED) is 0.338. The largest absolute Gasteiger partial charge is 0.506 e. The molecule has 0 amide bonds. The van der Waals surface area contributed by atoms with Gasteiger partial charge in [0.1, 0.15) is 28.7 Å². The molecule has 0 atom stereocenters. The summed E-state index contributed by atoms with van der Waals surface area (Å²) in [4.78, 5) is 17.8. The van der Waals surface area contributed by atoms with Crippen molar-refractivity contribution in [1.82, 2.24) is 0 Å². The fraction of sp³-hybridized carbons (Fsp3) is 0.143. The maximum absolute atomic E-state index is 12.7. The van der Waals surface area contributed by atoms with Crippen LogP contribution in [-0.4, -0.2) is 22.7 Å². The molecular formula is C28H24ClNO4S. The molecule has 0 saturated carbocycles. The third-order valence-electron chi connectivity index (χ3n) is 5.15. The first kappa shape index (κ1) is 24.6. The summed E-state index contributed by atoms with van der Waals surface area (Å²) < 4.78 is 11.2. The van der Waals surface area contributed by atoms with Gasteiger partial charge in [0.15, 0.2) is 0 Å². The summed E-state index contributed by atoms with van der Waals surface area (Å²) in [5.74, 6) is -0.129. The van der Waals surface area contributed by atoms with Gasteiger partial charge in [0.25, 0.3) is 0 Å². The Balaban J connectivity index is 1.65. The van der Waals surface area contributed by atoms with Crippen LogP contribution in [0.4, 0.5) is 5.69 Å². The van der Waals surface area contributed by atoms with Gasteiger partial charge in [0.05, 0.1) is 17.2 Å². The lowest BCUT2D eigenvalue weighted by molar-refractivity contribution is -0.138. The van der Waals surface area contributed by atoms with E-state index >= 15 is 0 Å². The summed E-state index contributed by atoms with van der Waals surface area (Å²) >= 11 is 7.18. The van der Waals surface area contributed by atoms with Crippen LogP contribution < -0.4 is 4.74 Å². The number of aliphatic hydroxyl groups excluding tert-OH is 1. The minimum absolute atomic E-state index is 0.0586. The lowest BCUT2D eigenvalue weighted by atomic mass is 10.1. The van der Waals surface area contributed by atoms with Crippen molar-refractivity contribution in [2.75, 3.05) is 6.61 Å². The van der Waals surface area contributed by atoms with Gasteiger partial charge in [-0.15, -0.1) is 0 Å². The Morgan fingerprint density at radius 1 is 1.06 bits per heavy atom. The predicted octanol–water partition coefficient (Wildman–Crippen LogP) is 7.42. The van der Waals surface area contributed by atoms with Crippen molar-refractivity contribution in [1.29, 1.82) is 0 Å². The maximum Gasteiger partial charge on any atom is 0.344 e. The number of rotatable bonds is 7. The van der Waals surface area contributed by atoms with Gasteiger partial charge in [0, 0.05) is 10.6 Å². The van der Waals surface area contributed by atoms with Crippen LogP contribution in [0.2, 0.25) is 5.02 Å². The molecule has 178 valence electrons. The number of benzene rings is 3. The highest BCUT2D eigenvalue weighted by molar-refractivity contribution is 8.18. The fourth-order valence-corrected chi connectivity index (χ4v) is 4.49. The number of aliphatic hydroxyl groups is 1. The Morgan fingerprint density at radius 2 is 1.77 bits per heavy atom. The highest BCUT2D eigenvalue weighted by atomic mass is 35.5. The zero-order valence-corrected chi connectivity index (χ0v) is 20.9. The number of thioether (sulfide) groups is 1. The van der Waals surface area contributed by atoms with Gasteiger partial charge >= 0.3 is 5.97 Å². The van der Waals surface area contributed by atoms with E-state index in [1.54, 1.807) is 13.0 Å². The van der Waals surface area contributed by atoms with Crippen LogP contribution in [0.25, 0.3) is 6.08 Å². The number of carbonyl (C=O) groups is 1. The average Bonchev–Trinajstić information content (AvgIpc) is 3.15. The Labute approximate surface area is 213 Å². The predicted molar refractivity (Wildman–Crippen MR) is 142 cm³/mol. The number of hydrogen-bond donors (Lipinski definition) is 1. The van der Waals surface area contributed by atoms with E-state index < -0.39 is 5.97 Å². The van der Waals surface area contributed by atoms with Crippen LogP contribution in [0.3, 0.4) is 0 Å². The summed E-state index contributed by atoms with van der Waals surface area (Å²) in [5, 5.41) is 12.0. The molecule has 0 spiro atoms. The number of ether oxygens (including phenoxy) is 2. The molecule has 0 unspecified atom stereocenters. The molecule has 0 aliphatic carbocycles. The Kier molecular flexibility index (Phi) is 7.95. The summed E-state index contributed by atoms with van der Waals surface area (Å²) in [6.45, 7) is 4.27. The highest BCUT2D eigenvalue weighted by Gasteiger charge is 2.33. The molecule has 0 radical (unpaired) electrons. The Bertz CT molecular complexity index is 1310. The summed E-state index contributed by atoms with van der Waals surface area (Å²) in [6.07, 6.45) is 1.79. The van der Waals surface area contributed by atoms with Crippen molar-refractivity contribution in [2.45, 2.75) is 20.5 Å². The minimum Gasteiger partial charge on any atom is -0.506 e. The fourth-order valence-electron chi connectivity index (χ4n) is 3.34. The summed E-state index contributed by atoms with van der Waals surface area (Å²) in [7, 11) is 0. The maximum atomic E-state index is 12.7. The van der Waals surface area contributed by atoms with E-state index in [4.69, 9.17) is 21.1 Å². The number of carbonyl (C=O) groups excluding carboxylic acids is 1. The second kappa shape index (κ2) is 11.3. The summed E-state index contributed by atoms with van der Waals surface area (Å²) in [5.41, 5.74) is 3.58. The Hall–Kier alpha value is -3.48. The van der Waals surface area contributed by atoms with Crippen LogP contribution >= 0.6 is 23.4 Å². The molecule has 1 heterocycles. The molecule has 5 nitrogen and oxygen atoms in total. The van der Waals surface area contributed by atoms with Crippen LogP contribution in [0.5, 0.6) is 5.75 Å². The van der Waals surface area contributed by atoms with E-state index in [0.29, 0.717) is 33.0 Å².